The van der Waals surface area contributed by atoms with Crippen molar-refractivity contribution in [3.05, 3.63) is 63.9 Å². The Morgan fingerprint density at radius 2 is 2.00 bits per heavy atom. The van der Waals surface area contributed by atoms with Gasteiger partial charge < -0.3 is 10.5 Å². The van der Waals surface area contributed by atoms with Gasteiger partial charge >= 0.3 is 0 Å². The molecular formula is C16H17ClFNO. The smallest absolute Gasteiger partial charge is 0.146 e. The topological polar surface area (TPSA) is 35.2 Å². The average Bonchev–Trinajstić information content (AvgIpc) is 2.43. The molecule has 0 aliphatic heterocycles. The van der Waals surface area contributed by atoms with Crippen molar-refractivity contribution in [1.82, 2.24) is 0 Å². The van der Waals surface area contributed by atoms with E-state index in [4.69, 9.17) is 22.1 Å². The second-order valence-electron chi connectivity index (χ2n) is 4.60. The van der Waals surface area contributed by atoms with Crippen molar-refractivity contribution < 1.29 is 9.13 Å². The summed E-state index contributed by atoms with van der Waals surface area (Å²) in [5, 5.41) is 0.0727. The van der Waals surface area contributed by atoms with Crippen LogP contribution in [0.15, 0.2) is 36.4 Å². The number of ether oxygens (including phenoxy) is 1. The van der Waals surface area contributed by atoms with Gasteiger partial charge in [-0.1, -0.05) is 41.4 Å². The minimum Gasteiger partial charge on any atom is -0.494 e. The molecule has 0 aliphatic carbocycles. The summed E-state index contributed by atoms with van der Waals surface area (Å²) in [4.78, 5) is 0. The number of rotatable bonds is 4. The van der Waals surface area contributed by atoms with E-state index in [1.165, 1.54) is 6.07 Å². The summed E-state index contributed by atoms with van der Waals surface area (Å²) in [7, 11) is 0. The van der Waals surface area contributed by atoms with Gasteiger partial charge in [0.15, 0.2) is 0 Å². The van der Waals surface area contributed by atoms with Crippen LogP contribution in [-0.2, 0) is 0 Å². The Kier molecular flexibility index (Phi) is 4.63. The Morgan fingerprint density at radius 3 is 2.70 bits per heavy atom. The molecule has 1 atom stereocenters. The minimum absolute atomic E-state index is 0.0727. The Morgan fingerprint density at radius 1 is 1.25 bits per heavy atom. The van der Waals surface area contributed by atoms with Crippen LogP contribution in [0.25, 0.3) is 0 Å². The molecule has 2 aromatic carbocycles. The van der Waals surface area contributed by atoms with Gasteiger partial charge in [-0.3, -0.25) is 0 Å². The molecule has 0 heterocycles. The van der Waals surface area contributed by atoms with E-state index < -0.39 is 11.9 Å². The summed E-state index contributed by atoms with van der Waals surface area (Å²) in [6, 6.07) is 9.94. The normalized spacial score (nSPS) is 12.2. The first-order valence-corrected chi connectivity index (χ1v) is 6.85. The highest BCUT2D eigenvalue weighted by Gasteiger charge is 2.19. The average molecular weight is 294 g/mol. The maximum atomic E-state index is 14.1. The van der Waals surface area contributed by atoms with Gasteiger partial charge in [0.25, 0.3) is 0 Å². The fourth-order valence-electron chi connectivity index (χ4n) is 2.13. The molecule has 0 radical (unpaired) electrons. The lowest BCUT2D eigenvalue weighted by molar-refractivity contribution is 0.335. The Labute approximate surface area is 123 Å². The molecule has 2 nitrogen and oxygen atoms in total. The van der Waals surface area contributed by atoms with Crippen molar-refractivity contribution in [2.75, 3.05) is 6.61 Å². The van der Waals surface area contributed by atoms with Crippen LogP contribution in [0, 0.1) is 12.7 Å². The van der Waals surface area contributed by atoms with E-state index in [9.17, 15) is 4.39 Å². The molecular weight excluding hydrogens is 277 g/mol. The van der Waals surface area contributed by atoms with Crippen LogP contribution >= 0.6 is 11.6 Å². The number of benzene rings is 2. The zero-order valence-electron chi connectivity index (χ0n) is 11.5. The van der Waals surface area contributed by atoms with Gasteiger partial charge in [0, 0.05) is 11.1 Å². The maximum Gasteiger partial charge on any atom is 0.146 e. The molecule has 2 N–H and O–H groups in total. The highest BCUT2D eigenvalue weighted by molar-refractivity contribution is 6.30. The molecule has 0 aliphatic rings. The van der Waals surface area contributed by atoms with Crippen molar-refractivity contribution in [3.63, 3.8) is 0 Å². The first kappa shape index (κ1) is 14.8. The van der Waals surface area contributed by atoms with E-state index in [2.05, 4.69) is 0 Å². The largest absolute Gasteiger partial charge is 0.494 e. The molecule has 0 saturated heterocycles. The van der Waals surface area contributed by atoms with E-state index in [-0.39, 0.29) is 5.02 Å². The highest BCUT2D eigenvalue weighted by Crippen LogP contribution is 2.32. The molecule has 0 spiro atoms. The quantitative estimate of drug-likeness (QED) is 0.915. The van der Waals surface area contributed by atoms with Crippen LogP contribution in [0.1, 0.15) is 29.7 Å². The fraction of sp³-hybridized carbons (Fsp3) is 0.250. The Hall–Kier alpha value is -1.58. The molecule has 106 valence electrons. The van der Waals surface area contributed by atoms with Crippen LogP contribution in [-0.4, -0.2) is 6.61 Å². The van der Waals surface area contributed by atoms with Gasteiger partial charge in [0.2, 0.25) is 0 Å². The molecule has 20 heavy (non-hydrogen) atoms. The molecule has 4 heteroatoms. The standard InChI is InChI=1S/C16H17ClFNO/c1-3-20-14-8-7-10(2)9-12(14)16(19)11-5-4-6-13(17)15(11)18/h4-9,16H,3,19H2,1-2H3. The van der Waals surface area contributed by atoms with Crippen LogP contribution in [0.3, 0.4) is 0 Å². The molecule has 0 amide bonds. The predicted octanol–water partition coefficient (Wildman–Crippen LogP) is 4.23. The second kappa shape index (κ2) is 6.25. The lowest BCUT2D eigenvalue weighted by Crippen LogP contribution is -2.15. The van der Waals surface area contributed by atoms with Gasteiger partial charge in [-0.25, -0.2) is 4.39 Å². The Balaban J connectivity index is 2.49. The molecule has 2 aromatic rings. The van der Waals surface area contributed by atoms with E-state index in [0.717, 1.165) is 11.1 Å². The second-order valence-corrected chi connectivity index (χ2v) is 5.00. The van der Waals surface area contributed by atoms with Crippen molar-refractivity contribution >= 4 is 11.6 Å². The van der Waals surface area contributed by atoms with Gasteiger partial charge in [0.05, 0.1) is 17.7 Å². The number of aryl methyl sites for hydroxylation is 1. The van der Waals surface area contributed by atoms with E-state index in [0.29, 0.717) is 17.9 Å². The predicted molar refractivity (Wildman–Crippen MR) is 79.8 cm³/mol. The van der Waals surface area contributed by atoms with Crippen LogP contribution in [0.2, 0.25) is 5.02 Å². The summed E-state index contributed by atoms with van der Waals surface area (Å²) >= 11 is 5.82. The van der Waals surface area contributed by atoms with E-state index in [1.54, 1.807) is 12.1 Å². The van der Waals surface area contributed by atoms with E-state index >= 15 is 0 Å². The molecule has 1 unspecified atom stereocenters. The lowest BCUT2D eigenvalue weighted by atomic mass is 9.97. The minimum atomic E-state index is -0.616. The van der Waals surface area contributed by atoms with Crippen LogP contribution in [0.4, 0.5) is 4.39 Å². The number of hydrogen-bond donors (Lipinski definition) is 1. The molecule has 0 bridgehead atoms. The first-order valence-electron chi connectivity index (χ1n) is 6.47. The van der Waals surface area contributed by atoms with Crippen LogP contribution < -0.4 is 10.5 Å². The van der Waals surface area contributed by atoms with Gasteiger partial charge in [-0.2, -0.15) is 0 Å². The molecule has 2 rings (SSSR count). The SMILES string of the molecule is CCOc1ccc(C)cc1C(N)c1cccc(Cl)c1F. The Bertz CT molecular complexity index is 615. The lowest BCUT2D eigenvalue weighted by Gasteiger charge is -2.18. The zero-order valence-corrected chi connectivity index (χ0v) is 12.2. The van der Waals surface area contributed by atoms with Gasteiger partial charge in [-0.15, -0.1) is 0 Å². The third-order valence-electron chi connectivity index (χ3n) is 3.12. The van der Waals surface area contributed by atoms with Crippen molar-refractivity contribution in [2.45, 2.75) is 19.9 Å². The molecule has 0 fully saturated rings. The number of nitrogens with two attached hydrogens (primary N) is 1. The number of halogens is 2. The fourth-order valence-corrected chi connectivity index (χ4v) is 2.31. The van der Waals surface area contributed by atoms with Crippen molar-refractivity contribution in [2.24, 2.45) is 5.73 Å². The van der Waals surface area contributed by atoms with Gasteiger partial charge in [-0.05, 0) is 26.0 Å². The van der Waals surface area contributed by atoms with Crippen molar-refractivity contribution in [1.29, 1.82) is 0 Å². The monoisotopic (exact) mass is 293 g/mol. The third-order valence-corrected chi connectivity index (χ3v) is 3.41. The van der Waals surface area contributed by atoms with Crippen molar-refractivity contribution in [3.8, 4) is 5.75 Å². The molecule has 0 saturated carbocycles. The highest BCUT2D eigenvalue weighted by atomic mass is 35.5. The van der Waals surface area contributed by atoms with E-state index in [1.807, 2.05) is 32.0 Å². The van der Waals surface area contributed by atoms with Crippen LogP contribution in [0.5, 0.6) is 5.75 Å². The summed E-state index contributed by atoms with van der Waals surface area (Å²) in [6.07, 6.45) is 0. The first-order chi connectivity index (χ1) is 9.54. The summed E-state index contributed by atoms with van der Waals surface area (Å²) in [5.74, 6) is 0.190. The summed E-state index contributed by atoms with van der Waals surface area (Å²) in [5.41, 5.74) is 8.37. The maximum absolute atomic E-state index is 14.1. The summed E-state index contributed by atoms with van der Waals surface area (Å²) < 4.78 is 19.7. The van der Waals surface area contributed by atoms with Gasteiger partial charge in [0.1, 0.15) is 11.6 Å². The molecule has 0 aromatic heterocycles. The number of hydrogen-bond acceptors (Lipinski definition) is 2. The zero-order chi connectivity index (χ0) is 14.7. The summed E-state index contributed by atoms with van der Waals surface area (Å²) in [6.45, 7) is 4.39. The third kappa shape index (κ3) is 2.94.